The van der Waals surface area contributed by atoms with Crippen molar-refractivity contribution >= 4 is 14.5 Å². The summed E-state index contributed by atoms with van der Waals surface area (Å²) in [4.78, 5) is 11.9. The normalized spacial score (nSPS) is 10.6. The second-order valence-corrected chi connectivity index (χ2v) is 4.43. The Balaban J connectivity index is 0.000000232. The monoisotopic (exact) mass is 273 g/mol. The van der Waals surface area contributed by atoms with Gasteiger partial charge in [0.2, 0.25) is 0 Å². The topological polar surface area (TPSA) is 43.4 Å². The van der Waals surface area contributed by atoms with Crippen LogP contribution in [0, 0.1) is 0 Å². The summed E-state index contributed by atoms with van der Waals surface area (Å²) >= 11 is 0. The Morgan fingerprint density at radius 1 is 1.16 bits per heavy atom. The van der Waals surface area contributed by atoms with Gasteiger partial charge in [0.15, 0.2) is 5.78 Å². The number of ketones is 1. The predicted octanol–water partition coefficient (Wildman–Crippen LogP) is 3.86. The molecule has 0 N–H and O–H groups in total. The van der Waals surface area contributed by atoms with Crippen LogP contribution < -0.4 is 0 Å². The molecule has 19 heavy (non-hydrogen) atoms. The molecule has 0 saturated carbocycles. The molecule has 3 nitrogen and oxygen atoms in total. The van der Waals surface area contributed by atoms with Gasteiger partial charge >= 0.3 is 8.69 Å². The van der Waals surface area contributed by atoms with E-state index in [2.05, 4.69) is 4.52 Å². The van der Waals surface area contributed by atoms with E-state index in [0.29, 0.717) is 6.61 Å². The fourth-order valence-electron chi connectivity index (χ4n) is 1.78. The molecule has 0 spiro atoms. The first kappa shape index (κ1) is 13.6. The number of carbonyl (C=O) groups is 1. The minimum Gasteiger partial charge on any atom is -0.289 e. The van der Waals surface area contributed by atoms with Crippen molar-refractivity contribution in [3.63, 3.8) is 0 Å². The maximum Gasteiger partial charge on any atom is 0.494 e. The van der Waals surface area contributed by atoms with Crippen molar-refractivity contribution in [2.75, 3.05) is 6.61 Å². The van der Waals surface area contributed by atoms with Gasteiger partial charge in [0.05, 0.1) is 6.61 Å². The Hall–Kier alpha value is -1.83. The highest BCUT2D eigenvalue weighted by molar-refractivity contribution is 7.17. The molecule has 1 aromatic carbocycles. The minimum atomic E-state index is -0.592. The van der Waals surface area contributed by atoms with Crippen LogP contribution >= 0.6 is 8.69 Å². The van der Waals surface area contributed by atoms with Crippen LogP contribution in [-0.4, -0.2) is 12.4 Å². The van der Waals surface area contributed by atoms with E-state index in [1.165, 1.54) is 5.56 Å². The standard InChI is InChI=1S/C13H8O.C2H6O2P/c14-13(9-4-2-1-3-5-9)12-8-10-6-7-11(10)12;1-2-4-5-3/h1-8H;5H,2H2,1H3/q;+1. The summed E-state index contributed by atoms with van der Waals surface area (Å²) in [6.45, 7) is 2.34. The van der Waals surface area contributed by atoms with Crippen molar-refractivity contribution in [3.8, 4) is 11.1 Å². The first-order chi connectivity index (χ1) is 9.27. The summed E-state index contributed by atoms with van der Waals surface area (Å²) in [5, 5.41) is 0. The van der Waals surface area contributed by atoms with Gasteiger partial charge in [-0.2, -0.15) is 0 Å². The lowest BCUT2D eigenvalue weighted by Crippen LogP contribution is -2.09. The van der Waals surface area contributed by atoms with Crippen molar-refractivity contribution in [2.45, 2.75) is 6.92 Å². The summed E-state index contributed by atoms with van der Waals surface area (Å²) in [6, 6.07) is 15.4. The number of carbonyl (C=O) groups excluding carboxylic acids is 1. The zero-order chi connectivity index (χ0) is 13.7. The second kappa shape index (κ2) is 6.37. The van der Waals surface area contributed by atoms with Gasteiger partial charge in [-0.3, -0.25) is 4.79 Å². The Morgan fingerprint density at radius 3 is 2.26 bits per heavy atom. The number of rotatable bonds is 4. The van der Waals surface area contributed by atoms with E-state index in [-0.39, 0.29) is 5.78 Å². The molecule has 1 aromatic rings. The minimum absolute atomic E-state index is 0.133. The van der Waals surface area contributed by atoms with E-state index in [1.54, 1.807) is 6.92 Å². The van der Waals surface area contributed by atoms with E-state index in [1.807, 2.05) is 48.5 Å². The average molecular weight is 273 g/mol. The number of benzene rings is 2. The van der Waals surface area contributed by atoms with E-state index in [0.717, 1.165) is 16.7 Å². The van der Waals surface area contributed by atoms with Crippen LogP contribution in [0.2, 0.25) is 0 Å². The quantitative estimate of drug-likeness (QED) is 0.535. The van der Waals surface area contributed by atoms with Crippen LogP contribution in [0.5, 0.6) is 0 Å². The molecule has 0 amide bonds. The highest BCUT2D eigenvalue weighted by atomic mass is 31.1. The molecule has 2 aliphatic rings. The molecule has 3 rings (SSSR count). The van der Waals surface area contributed by atoms with Crippen LogP contribution in [0.15, 0.2) is 48.5 Å². The molecule has 0 aromatic heterocycles. The number of fused-ring (bicyclic) bond motifs is 1. The summed E-state index contributed by atoms with van der Waals surface area (Å²) in [6.07, 6.45) is 0. The van der Waals surface area contributed by atoms with Crippen molar-refractivity contribution in [1.82, 2.24) is 0 Å². The fraction of sp³-hybridized carbons (Fsp3) is 0.133. The molecular weight excluding hydrogens is 259 g/mol. The lowest BCUT2D eigenvalue weighted by molar-refractivity contribution is 0.103. The van der Waals surface area contributed by atoms with Gasteiger partial charge in [0.25, 0.3) is 0 Å². The Labute approximate surface area is 113 Å². The molecule has 0 heterocycles. The average Bonchev–Trinajstić information content (AvgIpc) is 2.44. The maximum atomic E-state index is 11.9. The van der Waals surface area contributed by atoms with Gasteiger partial charge in [-0.15, -0.1) is 4.52 Å². The van der Waals surface area contributed by atoms with E-state index in [9.17, 15) is 9.36 Å². The van der Waals surface area contributed by atoms with Gasteiger partial charge in [0.1, 0.15) is 0 Å². The van der Waals surface area contributed by atoms with Crippen molar-refractivity contribution in [1.29, 1.82) is 0 Å². The van der Waals surface area contributed by atoms with E-state index < -0.39 is 8.69 Å². The molecular formula is C15H14O3P+. The summed E-state index contributed by atoms with van der Waals surface area (Å²) in [5.41, 5.74) is 3.96. The Bertz CT molecular complexity index is 583. The number of hydrogen-bond donors (Lipinski definition) is 0. The van der Waals surface area contributed by atoms with Crippen molar-refractivity contribution in [3.05, 3.63) is 59.7 Å². The van der Waals surface area contributed by atoms with Gasteiger partial charge in [0, 0.05) is 11.1 Å². The van der Waals surface area contributed by atoms with Gasteiger partial charge in [-0.05, 0) is 28.7 Å². The van der Waals surface area contributed by atoms with Crippen LogP contribution in [-0.2, 0) is 9.09 Å². The SMILES string of the molecule is CCO[PH+]=O.O=C(c1ccccc1)c1cc2ccc1-2. The first-order valence-electron chi connectivity index (χ1n) is 6.01. The highest BCUT2D eigenvalue weighted by Gasteiger charge is 2.22. The molecule has 0 radical (unpaired) electrons. The third-order valence-electron chi connectivity index (χ3n) is 2.81. The van der Waals surface area contributed by atoms with Crippen LogP contribution in [0.3, 0.4) is 0 Å². The van der Waals surface area contributed by atoms with Crippen molar-refractivity contribution in [2.24, 2.45) is 0 Å². The lowest BCUT2D eigenvalue weighted by Gasteiger charge is -2.19. The maximum absolute atomic E-state index is 11.9. The molecule has 2 aliphatic carbocycles. The lowest BCUT2D eigenvalue weighted by atomic mass is 9.83. The molecule has 1 unspecified atom stereocenters. The molecule has 0 bridgehead atoms. The third-order valence-corrected chi connectivity index (χ3v) is 3.22. The summed E-state index contributed by atoms with van der Waals surface area (Å²) in [7, 11) is -0.592. The first-order valence-corrected chi connectivity index (χ1v) is 6.82. The molecule has 0 aliphatic heterocycles. The molecule has 96 valence electrons. The van der Waals surface area contributed by atoms with Crippen LogP contribution in [0.1, 0.15) is 22.8 Å². The zero-order valence-corrected chi connectivity index (χ0v) is 11.6. The molecule has 4 heteroatoms. The van der Waals surface area contributed by atoms with Crippen molar-refractivity contribution < 1.29 is 13.9 Å². The number of hydrogen-bond acceptors (Lipinski definition) is 3. The highest BCUT2D eigenvalue weighted by Crippen LogP contribution is 2.37. The Morgan fingerprint density at radius 2 is 1.89 bits per heavy atom. The predicted molar refractivity (Wildman–Crippen MR) is 75.9 cm³/mol. The fourth-order valence-corrected chi connectivity index (χ4v) is 1.90. The summed E-state index contributed by atoms with van der Waals surface area (Å²) < 4.78 is 13.6. The summed E-state index contributed by atoms with van der Waals surface area (Å²) in [5.74, 6) is 0.133. The smallest absolute Gasteiger partial charge is 0.289 e. The molecule has 0 saturated heterocycles. The van der Waals surface area contributed by atoms with E-state index in [4.69, 9.17) is 0 Å². The van der Waals surface area contributed by atoms with E-state index >= 15 is 0 Å². The van der Waals surface area contributed by atoms with Gasteiger partial charge < -0.3 is 0 Å². The molecule has 0 fully saturated rings. The Kier molecular flexibility index (Phi) is 4.56. The third kappa shape index (κ3) is 2.95. The van der Waals surface area contributed by atoms with Crippen LogP contribution in [0.25, 0.3) is 11.1 Å². The van der Waals surface area contributed by atoms with Gasteiger partial charge in [-0.25, -0.2) is 0 Å². The largest absolute Gasteiger partial charge is 0.494 e. The molecule has 1 atom stereocenters. The second-order valence-electron chi connectivity index (χ2n) is 3.97. The van der Waals surface area contributed by atoms with Gasteiger partial charge in [-0.1, -0.05) is 42.5 Å². The van der Waals surface area contributed by atoms with Crippen LogP contribution in [0.4, 0.5) is 0 Å². The zero-order valence-electron chi connectivity index (χ0n) is 10.6.